The number of ether oxygens (including phenoxy) is 1. The van der Waals surface area contributed by atoms with Crippen molar-refractivity contribution in [3.63, 3.8) is 0 Å². The minimum Gasteiger partial charge on any atom is -0.497 e. The summed E-state index contributed by atoms with van der Waals surface area (Å²) in [7, 11) is 1.59. The largest absolute Gasteiger partial charge is 0.497 e. The molecule has 0 fully saturated rings. The van der Waals surface area contributed by atoms with E-state index in [-0.39, 0.29) is 12.5 Å². The molecule has 0 aliphatic carbocycles. The fourth-order valence-corrected chi connectivity index (χ4v) is 3.59. The Labute approximate surface area is 179 Å². The normalized spacial score (nSPS) is 10.9. The highest BCUT2D eigenvalue weighted by Gasteiger charge is 2.18. The van der Waals surface area contributed by atoms with Gasteiger partial charge in [-0.3, -0.25) is 9.59 Å². The highest BCUT2D eigenvalue weighted by Crippen LogP contribution is 2.20. The van der Waals surface area contributed by atoms with Gasteiger partial charge in [0.1, 0.15) is 12.3 Å². The van der Waals surface area contributed by atoms with Crippen LogP contribution in [0.3, 0.4) is 0 Å². The van der Waals surface area contributed by atoms with Crippen molar-refractivity contribution in [1.29, 1.82) is 0 Å². The molecule has 8 heteroatoms. The van der Waals surface area contributed by atoms with Gasteiger partial charge in [-0.15, -0.1) is 0 Å². The van der Waals surface area contributed by atoms with E-state index in [0.717, 1.165) is 22.7 Å². The first kappa shape index (κ1) is 20.3. The highest BCUT2D eigenvalue weighted by atomic mass is 16.5. The zero-order valence-electron chi connectivity index (χ0n) is 17.6. The highest BCUT2D eigenvalue weighted by molar-refractivity contribution is 5.83. The van der Waals surface area contributed by atoms with Gasteiger partial charge in [0.25, 0.3) is 5.56 Å². The first-order valence-electron chi connectivity index (χ1n) is 9.90. The summed E-state index contributed by atoms with van der Waals surface area (Å²) in [6.07, 6.45) is 0. The predicted octanol–water partition coefficient (Wildman–Crippen LogP) is 2.52. The van der Waals surface area contributed by atoms with Gasteiger partial charge in [0, 0.05) is 6.54 Å². The van der Waals surface area contributed by atoms with E-state index in [9.17, 15) is 9.59 Å². The maximum absolute atomic E-state index is 13.0. The summed E-state index contributed by atoms with van der Waals surface area (Å²) in [6.45, 7) is 3.86. The van der Waals surface area contributed by atoms with E-state index in [2.05, 4.69) is 15.5 Å². The van der Waals surface area contributed by atoms with Crippen LogP contribution in [-0.2, 0) is 17.9 Å². The van der Waals surface area contributed by atoms with Gasteiger partial charge in [-0.25, -0.2) is 9.36 Å². The van der Waals surface area contributed by atoms with E-state index >= 15 is 0 Å². The molecule has 0 saturated heterocycles. The molecule has 2 heterocycles. The van der Waals surface area contributed by atoms with Gasteiger partial charge in [-0.2, -0.15) is 10.2 Å². The Morgan fingerprint density at radius 3 is 2.58 bits per heavy atom. The fourth-order valence-electron chi connectivity index (χ4n) is 3.59. The number of methoxy groups -OCH3 is 1. The number of amides is 1. The predicted molar refractivity (Wildman–Crippen MR) is 117 cm³/mol. The number of hydrogen-bond acceptors (Lipinski definition) is 5. The van der Waals surface area contributed by atoms with Crippen LogP contribution in [-0.4, -0.2) is 32.6 Å². The van der Waals surface area contributed by atoms with Gasteiger partial charge in [0.05, 0.1) is 29.6 Å². The number of aryl methyl sites for hydroxylation is 2. The number of aromatic nitrogens is 4. The first-order chi connectivity index (χ1) is 15.0. The van der Waals surface area contributed by atoms with Crippen LogP contribution in [0.2, 0.25) is 0 Å². The van der Waals surface area contributed by atoms with Gasteiger partial charge >= 0.3 is 0 Å². The topological polar surface area (TPSA) is 91.0 Å². The summed E-state index contributed by atoms with van der Waals surface area (Å²) in [6, 6.07) is 17.0. The SMILES string of the molecule is COc1cccc(CNC(=O)Cn2nc(C)c3c(C)n(-c4ccccc4)nc3c2=O)c1. The number of para-hydroxylation sites is 1. The number of nitrogens with zero attached hydrogens (tertiary/aromatic N) is 4. The summed E-state index contributed by atoms with van der Waals surface area (Å²) >= 11 is 0. The van der Waals surface area contributed by atoms with Crippen LogP contribution in [0.4, 0.5) is 0 Å². The van der Waals surface area contributed by atoms with Crippen LogP contribution >= 0.6 is 0 Å². The average molecular weight is 417 g/mol. The molecule has 0 saturated carbocycles. The van der Waals surface area contributed by atoms with Crippen molar-refractivity contribution in [1.82, 2.24) is 24.9 Å². The Hall–Kier alpha value is -3.94. The zero-order chi connectivity index (χ0) is 22.0. The summed E-state index contributed by atoms with van der Waals surface area (Å²) in [5.74, 6) is 0.408. The molecule has 31 heavy (non-hydrogen) atoms. The van der Waals surface area contributed by atoms with Crippen molar-refractivity contribution in [2.24, 2.45) is 0 Å². The molecule has 0 unspecified atom stereocenters. The Morgan fingerprint density at radius 2 is 1.84 bits per heavy atom. The van der Waals surface area contributed by atoms with Crippen LogP contribution in [0.5, 0.6) is 5.75 Å². The molecule has 0 aliphatic heterocycles. The number of rotatable bonds is 6. The minimum atomic E-state index is -0.394. The van der Waals surface area contributed by atoms with Crippen molar-refractivity contribution in [2.75, 3.05) is 7.11 Å². The van der Waals surface area contributed by atoms with E-state index in [1.165, 1.54) is 4.68 Å². The lowest BCUT2D eigenvalue weighted by Crippen LogP contribution is -2.34. The van der Waals surface area contributed by atoms with E-state index in [0.29, 0.717) is 23.1 Å². The summed E-state index contributed by atoms with van der Waals surface area (Å²) in [4.78, 5) is 25.5. The molecule has 0 atom stereocenters. The number of nitrogens with one attached hydrogen (secondary N) is 1. The third-order valence-corrected chi connectivity index (χ3v) is 5.10. The van der Waals surface area contributed by atoms with Gasteiger partial charge in [-0.05, 0) is 43.7 Å². The van der Waals surface area contributed by atoms with Crippen molar-refractivity contribution >= 4 is 16.8 Å². The second kappa shape index (κ2) is 8.43. The number of benzene rings is 2. The molecular formula is C23H23N5O3. The summed E-state index contributed by atoms with van der Waals surface area (Å²) in [5.41, 5.74) is 3.15. The Kier molecular flexibility index (Phi) is 5.53. The third-order valence-electron chi connectivity index (χ3n) is 5.10. The van der Waals surface area contributed by atoms with Crippen molar-refractivity contribution in [2.45, 2.75) is 26.9 Å². The molecule has 2 aromatic heterocycles. The van der Waals surface area contributed by atoms with Crippen LogP contribution in [0.1, 0.15) is 17.0 Å². The molecule has 1 N–H and O–H groups in total. The molecule has 0 spiro atoms. The first-order valence-corrected chi connectivity index (χ1v) is 9.90. The number of carbonyl (C=O) groups is 1. The fraction of sp³-hybridized carbons (Fsp3) is 0.217. The van der Waals surface area contributed by atoms with E-state index in [4.69, 9.17) is 4.74 Å². The molecule has 1 amide bonds. The molecule has 158 valence electrons. The second-order valence-electron chi connectivity index (χ2n) is 7.23. The smallest absolute Gasteiger partial charge is 0.295 e. The summed E-state index contributed by atoms with van der Waals surface area (Å²) in [5, 5.41) is 12.4. The Bertz CT molecular complexity index is 1310. The van der Waals surface area contributed by atoms with E-state index in [1.54, 1.807) is 11.8 Å². The molecule has 4 aromatic rings. The molecule has 8 nitrogen and oxygen atoms in total. The van der Waals surface area contributed by atoms with E-state index in [1.807, 2.05) is 68.4 Å². The monoisotopic (exact) mass is 417 g/mol. The van der Waals surface area contributed by atoms with Gasteiger partial charge in [-0.1, -0.05) is 30.3 Å². The summed E-state index contributed by atoms with van der Waals surface area (Å²) < 4.78 is 8.09. The van der Waals surface area contributed by atoms with Gasteiger partial charge in [0.2, 0.25) is 5.91 Å². The standard InChI is InChI=1S/C23H23N5O3/c1-15-21-16(2)28(18-9-5-4-6-10-18)26-22(21)23(30)27(25-15)14-20(29)24-13-17-8-7-11-19(12-17)31-3/h4-12H,13-14H2,1-3H3,(H,24,29). The van der Waals surface area contributed by atoms with Gasteiger partial charge in [0.15, 0.2) is 5.52 Å². The van der Waals surface area contributed by atoms with Crippen molar-refractivity contribution in [3.05, 3.63) is 81.9 Å². The second-order valence-corrected chi connectivity index (χ2v) is 7.23. The Balaban J connectivity index is 1.59. The van der Waals surface area contributed by atoms with Crippen LogP contribution in [0, 0.1) is 13.8 Å². The lowest BCUT2D eigenvalue weighted by atomic mass is 10.2. The van der Waals surface area contributed by atoms with E-state index < -0.39 is 5.56 Å². The average Bonchev–Trinajstić information content (AvgIpc) is 3.14. The maximum atomic E-state index is 13.0. The van der Waals surface area contributed by atoms with Crippen LogP contribution in [0.15, 0.2) is 59.4 Å². The van der Waals surface area contributed by atoms with Crippen LogP contribution < -0.4 is 15.6 Å². The maximum Gasteiger partial charge on any atom is 0.295 e. The molecule has 0 aliphatic rings. The third kappa shape index (κ3) is 4.05. The van der Waals surface area contributed by atoms with Crippen LogP contribution in [0.25, 0.3) is 16.6 Å². The van der Waals surface area contributed by atoms with Crippen molar-refractivity contribution < 1.29 is 9.53 Å². The lowest BCUT2D eigenvalue weighted by Gasteiger charge is -2.09. The molecular weight excluding hydrogens is 394 g/mol. The zero-order valence-corrected chi connectivity index (χ0v) is 17.6. The number of fused-ring (bicyclic) bond motifs is 1. The molecule has 0 bridgehead atoms. The molecule has 0 radical (unpaired) electrons. The molecule has 4 rings (SSSR count). The Morgan fingerprint density at radius 1 is 1.06 bits per heavy atom. The molecule has 2 aromatic carbocycles. The number of hydrogen-bond donors (Lipinski definition) is 1. The minimum absolute atomic E-state index is 0.184. The number of carbonyl (C=O) groups excluding carboxylic acids is 1. The lowest BCUT2D eigenvalue weighted by molar-refractivity contribution is -0.122. The van der Waals surface area contributed by atoms with Gasteiger partial charge < -0.3 is 10.1 Å². The van der Waals surface area contributed by atoms with Crippen molar-refractivity contribution in [3.8, 4) is 11.4 Å². The quantitative estimate of drug-likeness (QED) is 0.521.